The van der Waals surface area contributed by atoms with Gasteiger partial charge in [-0.05, 0) is 50.0 Å². The van der Waals surface area contributed by atoms with Crippen LogP contribution in [0.25, 0.3) is 0 Å². The van der Waals surface area contributed by atoms with Gasteiger partial charge in [0.2, 0.25) is 0 Å². The number of halogens is 1. The summed E-state index contributed by atoms with van der Waals surface area (Å²) in [5.74, 6) is 0.977. The molecule has 1 saturated carbocycles. The van der Waals surface area contributed by atoms with E-state index < -0.39 is 0 Å². The number of hydrogen-bond donors (Lipinski definition) is 1. The molecule has 3 heteroatoms. The van der Waals surface area contributed by atoms with Crippen molar-refractivity contribution in [2.24, 2.45) is 5.92 Å². The fourth-order valence-electron chi connectivity index (χ4n) is 1.92. The molecular weight excluding hydrogens is 276 g/mol. The summed E-state index contributed by atoms with van der Waals surface area (Å²) < 4.78 is 1.16. The van der Waals surface area contributed by atoms with Crippen molar-refractivity contribution >= 4 is 15.9 Å². The van der Waals surface area contributed by atoms with Gasteiger partial charge in [0.05, 0.1) is 0 Å². The summed E-state index contributed by atoms with van der Waals surface area (Å²) in [6.07, 6.45) is 2.86. The second-order valence-electron chi connectivity index (χ2n) is 5.02. The highest BCUT2D eigenvalue weighted by atomic mass is 79.9. The van der Waals surface area contributed by atoms with Crippen molar-refractivity contribution < 1.29 is 0 Å². The molecule has 17 heavy (non-hydrogen) atoms. The molecule has 0 amide bonds. The Bertz CT molecular complexity index is 350. The fraction of sp³-hybridized carbons (Fsp3) is 0.571. The van der Waals surface area contributed by atoms with Crippen molar-refractivity contribution in [3.8, 4) is 0 Å². The average Bonchev–Trinajstić information content (AvgIpc) is 3.08. The molecule has 1 aliphatic carbocycles. The first-order valence-corrected chi connectivity index (χ1v) is 7.17. The van der Waals surface area contributed by atoms with Crippen LogP contribution in [0.4, 0.5) is 0 Å². The maximum Gasteiger partial charge on any atom is 0.0231 e. The minimum absolute atomic E-state index is 0.977. The molecule has 1 aromatic carbocycles. The first-order valence-electron chi connectivity index (χ1n) is 6.38. The predicted octanol–water partition coefficient (Wildman–Crippen LogP) is 2.88. The van der Waals surface area contributed by atoms with Gasteiger partial charge in [-0.1, -0.05) is 28.1 Å². The van der Waals surface area contributed by atoms with E-state index >= 15 is 0 Å². The van der Waals surface area contributed by atoms with Crippen LogP contribution in [-0.2, 0) is 6.54 Å². The van der Waals surface area contributed by atoms with Gasteiger partial charge in [0, 0.05) is 24.1 Å². The average molecular weight is 297 g/mol. The Morgan fingerprint density at radius 2 is 2.24 bits per heavy atom. The maximum absolute atomic E-state index is 3.52. The van der Waals surface area contributed by atoms with E-state index in [1.54, 1.807) is 0 Å². The number of nitrogens with zero attached hydrogens (tertiary/aromatic N) is 1. The van der Waals surface area contributed by atoms with Crippen LogP contribution < -0.4 is 5.32 Å². The Kier molecular flexibility index (Phi) is 5.01. The number of rotatable bonds is 7. The lowest BCUT2D eigenvalue weighted by Crippen LogP contribution is -2.30. The van der Waals surface area contributed by atoms with Crippen LogP contribution in [0.3, 0.4) is 0 Å². The molecule has 0 spiro atoms. The van der Waals surface area contributed by atoms with Gasteiger partial charge in [-0.25, -0.2) is 0 Å². The van der Waals surface area contributed by atoms with Crippen molar-refractivity contribution in [3.63, 3.8) is 0 Å². The summed E-state index contributed by atoms with van der Waals surface area (Å²) >= 11 is 3.51. The first-order chi connectivity index (χ1) is 8.24. The van der Waals surface area contributed by atoms with Gasteiger partial charge < -0.3 is 10.2 Å². The minimum Gasteiger partial charge on any atom is -0.315 e. The van der Waals surface area contributed by atoms with Crippen LogP contribution in [0, 0.1) is 5.92 Å². The lowest BCUT2D eigenvalue weighted by Gasteiger charge is -2.17. The number of hydrogen-bond acceptors (Lipinski definition) is 2. The van der Waals surface area contributed by atoms with Crippen molar-refractivity contribution in [3.05, 3.63) is 34.3 Å². The quantitative estimate of drug-likeness (QED) is 0.779. The summed E-state index contributed by atoms with van der Waals surface area (Å²) in [5, 5.41) is 3.52. The molecule has 0 unspecified atom stereocenters. The molecule has 1 N–H and O–H groups in total. The maximum atomic E-state index is 3.52. The molecule has 0 heterocycles. The summed E-state index contributed by atoms with van der Waals surface area (Å²) in [5.41, 5.74) is 1.36. The third-order valence-electron chi connectivity index (χ3n) is 3.14. The van der Waals surface area contributed by atoms with Crippen LogP contribution in [0.1, 0.15) is 18.4 Å². The number of likely N-dealkylation sites (N-methyl/N-ethyl adjacent to an activating group) is 1. The molecule has 0 bridgehead atoms. The Hall–Kier alpha value is -0.380. The van der Waals surface area contributed by atoms with Crippen molar-refractivity contribution in [2.75, 3.05) is 26.7 Å². The van der Waals surface area contributed by atoms with Gasteiger partial charge in [0.1, 0.15) is 0 Å². The van der Waals surface area contributed by atoms with E-state index in [1.165, 1.54) is 24.9 Å². The van der Waals surface area contributed by atoms with Crippen LogP contribution in [-0.4, -0.2) is 31.6 Å². The van der Waals surface area contributed by atoms with E-state index in [4.69, 9.17) is 0 Å². The van der Waals surface area contributed by atoms with Gasteiger partial charge in [-0.2, -0.15) is 0 Å². The highest BCUT2D eigenvalue weighted by molar-refractivity contribution is 9.10. The van der Waals surface area contributed by atoms with Crippen molar-refractivity contribution in [1.82, 2.24) is 10.2 Å². The highest BCUT2D eigenvalue weighted by Gasteiger charge is 2.19. The molecule has 1 aliphatic rings. The molecule has 0 atom stereocenters. The third kappa shape index (κ3) is 5.19. The summed E-state index contributed by atoms with van der Waals surface area (Å²) in [4.78, 5) is 2.36. The zero-order valence-electron chi connectivity index (χ0n) is 10.5. The summed E-state index contributed by atoms with van der Waals surface area (Å²) in [7, 11) is 2.18. The SMILES string of the molecule is CN(CCNCC1CC1)Cc1cccc(Br)c1. The van der Waals surface area contributed by atoms with E-state index in [0.717, 1.165) is 30.0 Å². The molecule has 0 aliphatic heterocycles. The highest BCUT2D eigenvalue weighted by Crippen LogP contribution is 2.27. The molecule has 94 valence electrons. The van der Waals surface area contributed by atoms with Gasteiger partial charge in [-0.15, -0.1) is 0 Å². The molecule has 0 radical (unpaired) electrons. The normalized spacial score (nSPS) is 15.5. The standard InChI is InChI=1S/C14H21BrN2/c1-17(8-7-16-10-12-5-6-12)11-13-3-2-4-14(15)9-13/h2-4,9,12,16H,5-8,10-11H2,1H3. The number of benzene rings is 1. The summed E-state index contributed by atoms with van der Waals surface area (Å²) in [6, 6.07) is 8.53. The van der Waals surface area contributed by atoms with Crippen molar-refractivity contribution in [2.45, 2.75) is 19.4 Å². The minimum atomic E-state index is 0.977. The topological polar surface area (TPSA) is 15.3 Å². The third-order valence-corrected chi connectivity index (χ3v) is 3.64. The van der Waals surface area contributed by atoms with Gasteiger partial charge in [0.25, 0.3) is 0 Å². The zero-order valence-corrected chi connectivity index (χ0v) is 12.0. The molecule has 1 fully saturated rings. The van der Waals surface area contributed by atoms with Crippen LogP contribution >= 0.6 is 15.9 Å². The first kappa shape index (κ1) is 13.1. The van der Waals surface area contributed by atoms with Gasteiger partial charge in [0.15, 0.2) is 0 Å². The van der Waals surface area contributed by atoms with Gasteiger partial charge >= 0.3 is 0 Å². The molecule has 0 aromatic heterocycles. The van der Waals surface area contributed by atoms with E-state index in [2.05, 4.69) is 57.5 Å². The molecule has 2 nitrogen and oxygen atoms in total. The lowest BCUT2D eigenvalue weighted by molar-refractivity contribution is 0.323. The van der Waals surface area contributed by atoms with E-state index in [1.807, 2.05) is 0 Å². The second kappa shape index (κ2) is 6.53. The monoisotopic (exact) mass is 296 g/mol. The van der Waals surface area contributed by atoms with Gasteiger partial charge in [-0.3, -0.25) is 0 Å². The van der Waals surface area contributed by atoms with E-state index in [0.29, 0.717) is 0 Å². The smallest absolute Gasteiger partial charge is 0.0231 e. The lowest BCUT2D eigenvalue weighted by atomic mass is 10.2. The fourth-order valence-corrected chi connectivity index (χ4v) is 2.37. The Balaban J connectivity index is 1.63. The van der Waals surface area contributed by atoms with Crippen molar-refractivity contribution in [1.29, 1.82) is 0 Å². The number of nitrogens with one attached hydrogen (secondary N) is 1. The van der Waals surface area contributed by atoms with Crippen LogP contribution in [0.15, 0.2) is 28.7 Å². The second-order valence-corrected chi connectivity index (χ2v) is 5.93. The Labute approximate surface area is 113 Å². The van der Waals surface area contributed by atoms with E-state index in [-0.39, 0.29) is 0 Å². The molecule has 0 saturated heterocycles. The molecule has 1 aromatic rings. The predicted molar refractivity (Wildman–Crippen MR) is 76.1 cm³/mol. The van der Waals surface area contributed by atoms with Crippen LogP contribution in [0.2, 0.25) is 0 Å². The van der Waals surface area contributed by atoms with Crippen LogP contribution in [0.5, 0.6) is 0 Å². The Morgan fingerprint density at radius 3 is 2.94 bits per heavy atom. The molecular formula is C14H21BrN2. The molecule has 2 rings (SSSR count). The largest absolute Gasteiger partial charge is 0.315 e. The zero-order chi connectivity index (χ0) is 12.1. The van der Waals surface area contributed by atoms with E-state index in [9.17, 15) is 0 Å². The Morgan fingerprint density at radius 1 is 1.41 bits per heavy atom. The summed E-state index contributed by atoms with van der Waals surface area (Å²) in [6.45, 7) is 4.44.